The number of aliphatic hydroxyl groups excluding tert-OH is 1. The summed E-state index contributed by atoms with van der Waals surface area (Å²) in [6, 6.07) is 1.11. The van der Waals surface area contributed by atoms with Gasteiger partial charge in [-0.3, -0.25) is 0 Å². The molecule has 0 heterocycles. The Kier molecular flexibility index (Phi) is 5.65. The molecule has 0 saturated heterocycles. The lowest BCUT2D eigenvalue weighted by Gasteiger charge is -2.28. The number of rotatable bonds is 4. The third-order valence-electron chi connectivity index (χ3n) is 3.79. The molecule has 122 valence electrons. The number of benzene rings is 1. The number of nitrogens with one attached hydrogen (secondary N) is 2. The van der Waals surface area contributed by atoms with Gasteiger partial charge in [-0.25, -0.2) is 18.0 Å². The topological polar surface area (TPSA) is 61.4 Å². The summed E-state index contributed by atoms with van der Waals surface area (Å²) in [5.74, 6) is -3.99. The average molecular weight is 316 g/mol. The van der Waals surface area contributed by atoms with Gasteiger partial charge in [0, 0.05) is 6.54 Å². The molecule has 4 nitrogen and oxygen atoms in total. The molecule has 1 aliphatic rings. The lowest BCUT2D eigenvalue weighted by Crippen LogP contribution is -2.49. The van der Waals surface area contributed by atoms with Crippen molar-refractivity contribution in [1.82, 2.24) is 10.6 Å². The predicted octanol–water partition coefficient (Wildman–Crippen LogP) is 2.25. The van der Waals surface area contributed by atoms with Crippen LogP contribution in [0.2, 0.25) is 0 Å². The number of hydrogen-bond acceptors (Lipinski definition) is 2. The Morgan fingerprint density at radius 1 is 1.18 bits per heavy atom. The van der Waals surface area contributed by atoms with Crippen molar-refractivity contribution in [1.29, 1.82) is 0 Å². The molecule has 0 bridgehead atoms. The fraction of sp³-hybridized carbons (Fsp3) is 0.533. The largest absolute Gasteiger partial charge is 0.391 e. The van der Waals surface area contributed by atoms with Crippen molar-refractivity contribution in [2.24, 2.45) is 0 Å². The van der Waals surface area contributed by atoms with E-state index in [1.807, 2.05) is 0 Å². The van der Waals surface area contributed by atoms with Gasteiger partial charge in [-0.05, 0) is 37.0 Å². The maximum Gasteiger partial charge on any atom is 0.315 e. The fourth-order valence-corrected chi connectivity index (χ4v) is 2.57. The van der Waals surface area contributed by atoms with Crippen LogP contribution in [-0.2, 0) is 6.42 Å². The van der Waals surface area contributed by atoms with Gasteiger partial charge >= 0.3 is 6.03 Å². The smallest absolute Gasteiger partial charge is 0.315 e. The van der Waals surface area contributed by atoms with E-state index in [9.17, 15) is 23.1 Å². The molecule has 22 heavy (non-hydrogen) atoms. The van der Waals surface area contributed by atoms with Gasteiger partial charge in [0.2, 0.25) is 0 Å². The first-order chi connectivity index (χ1) is 10.5. The molecule has 0 aromatic heterocycles. The number of aliphatic hydroxyl groups is 1. The second-order valence-corrected chi connectivity index (χ2v) is 5.48. The molecule has 7 heteroatoms. The third kappa shape index (κ3) is 4.37. The molecule has 2 atom stereocenters. The molecular weight excluding hydrogens is 297 g/mol. The third-order valence-corrected chi connectivity index (χ3v) is 3.79. The van der Waals surface area contributed by atoms with E-state index in [0.29, 0.717) is 6.42 Å². The number of carbonyl (C=O) groups excluding carboxylic acids is 1. The molecule has 0 aliphatic heterocycles. The number of amides is 2. The van der Waals surface area contributed by atoms with Crippen molar-refractivity contribution in [3.63, 3.8) is 0 Å². The highest BCUT2D eigenvalue weighted by Gasteiger charge is 2.24. The normalized spacial score (nSPS) is 21.5. The van der Waals surface area contributed by atoms with Crippen molar-refractivity contribution in [2.45, 2.75) is 44.2 Å². The van der Waals surface area contributed by atoms with Crippen molar-refractivity contribution in [3.05, 3.63) is 35.1 Å². The lowest BCUT2D eigenvalue weighted by molar-refractivity contribution is 0.0943. The number of halogens is 3. The Labute approximate surface area is 126 Å². The van der Waals surface area contributed by atoms with Crippen molar-refractivity contribution >= 4 is 6.03 Å². The number of carbonyl (C=O) groups is 1. The fourth-order valence-electron chi connectivity index (χ4n) is 2.57. The first-order valence-electron chi connectivity index (χ1n) is 7.33. The zero-order valence-corrected chi connectivity index (χ0v) is 12.0. The van der Waals surface area contributed by atoms with Crippen LogP contribution in [0.1, 0.15) is 31.2 Å². The molecule has 0 spiro atoms. The quantitative estimate of drug-likeness (QED) is 0.746. The molecule has 2 rings (SSSR count). The van der Waals surface area contributed by atoms with Crippen molar-refractivity contribution < 1.29 is 23.1 Å². The molecule has 1 aliphatic carbocycles. The van der Waals surface area contributed by atoms with Crippen LogP contribution in [0.4, 0.5) is 18.0 Å². The van der Waals surface area contributed by atoms with E-state index in [2.05, 4.69) is 10.6 Å². The highest BCUT2D eigenvalue weighted by atomic mass is 19.2. The summed E-state index contributed by atoms with van der Waals surface area (Å²) < 4.78 is 38.9. The Bertz CT molecular complexity index is 517. The SMILES string of the molecule is O=C(NCCc1cc(F)c(F)c(F)c1)NC1CCCCC1O. The van der Waals surface area contributed by atoms with Gasteiger partial charge in [-0.2, -0.15) is 0 Å². The van der Waals surface area contributed by atoms with E-state index in [1.54, 1.807) is 0 Å². The van der Waals surface area contributed by atoms with Crippen molar-refractivity contribution in [2.75, 3.05) is 6.54 Å². The summed E-state index contributed by atoms with van der Waals surface area (Å²) in [6.07, 6.45) is 2.93. The monoisotopic (exact) mass is 316 g/mol. The van der Waals surface area contributed by atoms with E-state index in [0.717, 1.165) is 31.4 Å². The molecular formula is C15H19F3N2O2. The van der Waals surface area contributed by atoms with Crippen LogP contribution in [0.3, 0.4) is 0 Å². The molecule has 1 aromatic rings. The lowest BCUT2D eigenvalue weighted by atomic mass is 9.93. The van der Waals surface area contributed by atoms with Gasteiger partial charge in [0.25, 0.3) is 0 Å². The molecule has 2 amide bonds. The Balaban J connectivity index is 1.77. The van der Waals surface area contributed by atoms with E-state index in [-0.39, 0.29) is 24.6 Å². The summed E-state index contributed by atoms with van der Waals surface area (Å²) in [6.45, 7) is 0.152. The highest BCUT2D eigenvalue weighted by Crippen LogP contribution is 2.18. The maximum atomic E-state index is 13.0. The van der Waals surface area contributed by atoms with Crippen LogP contribution in [0.5, 0.6) is 0 Å². The van der Waals surface area contributed by atoms with E-state index in [4.69, 9.17) is 0 Å². The number of urea groups is 1. The molecule has 0 radical (unpaired) electrons. The van der Waals surface area contributed by atoms with Gasteiger partial charge in [-0.1, -0.05) is 12.8 Å². The number of hydrogen-bond donors (Lipinski definition) is 3. The van der Waals surface area contributed by atoms with Crippen LogP contribution in [0.25, 0.3) is 0 Å². The van der Waals surface area contributed by atoms with Gasteiger partial charge in [0.1, 0.15) is 0 Å². The second-order valence-electron chi connectivity index (χ2n) is 5.48. The van der Waals surface area contributed by atoms with Gasteiger partial charge in [-0.15, -0.1) is 0 Å². The zero-order chi connectivity index (χ0) is 16.1. The summed E-state index contributed by atoms with van der Waals surface area (Å²) in [5, 5.41) is 15.0. The maximum absolute atomic E-state index is 13.0. The van der Waals surface area contributed by atoms with Crippen LogP contribution in [0, 0.1) is 17.5 Å². The zero-order valence-electron chi connectivity index (χ0n) is 12.0. The minimum Gasteiger partial charge on any atom is -0.391 e. The van der Waals surface area contributed by atoms with E-state index >= 15 is 0 Å². The standard InChI is InChI=1S/C15H19F3N2O2/c16-10-7-9(8-11(17)14(10)18)5-6-19-15(22)20-12-3-1-2-4-13(12)21/h7-8,12-13,21H,1-6H2,(H2,19,20,22). The van der Waals surface area contributed by atoms with Crippen LogP contribution in [-0.4, -0.2) is 29.8 Å². The molecule has 1 aromatic carbocycles. The first kappa shape index (κ1) is 16.6. The second kappa shape index (κ2) is 7.49. The van der Waals surface area contributed by atoms with Crippen LogP contribution < -0.4 is 10.6 Å². The van der Waals surface area contributed by atoms with E-state index < -0.39 is 29.6 Å². The van der Waals surface area contributed by atoms with Gasteiger partial charge < -0.3 is 15.7 Å². The minimum absolute atomic E-state index is 0.152. The molecule has 3 N–H and O–H groups in total. The van der Waals surface area contributed by atoms with Crippen LogP contribution >= 0.6 is 0 Å². The Morgan fingerprint density at radius 3 is 2.45 bits per heavy atom. The molecule has 1 fully saturated rings. The summed E-state index contributed by atoms with van der Waals surface area (Å²) in [4.78, 5) is 11.7. The highest BCUT2D eigenvalue weighted by molar-refractivity contribution is 5.74. The predicted molar refractivity (Wildman–Crippen MR) is 74.8 cm³/mol. The minimum atomic E-state index is -1.50. The summed E-state index contributed by atoms with van der Waals surface area (Å²) >= 11 is 0. The van der Waals surface area contributed by atoms with Gasteiger partial charge in [0.05, 0.1) is 12.1 Å². The average Bonchev–Trinajstić information content (AvgIpc) is 2.47. The Morgan fingerprint density at radius 2 is 1.82 bits per heavy atom. The molecule has 2 unspecified atom stereocenters. The van der Waals surface area contributed by atoms with Gasteiger partial charge in [0.15, 0.2) is 17.5 Å². The van der Waals surface area contributed by atoms with Crippen LogP contribution in [0.15, 0.2) is 12.1 Å². The summed E-state index contributed by atoms with van der Waals surface area (Å²) in [5.41, 5.74) is 0.259. The summed E-state index contributed by atoms with van der Waals surface area (Å²) in [7, 11) is 0. The first-order valence-corrected chi connectivity index (χ1v) is 7.33. The van der Waals surface area contributed by atoms with E-state index in [1.165, 1.54) is 0 Å². The van der Waals surface area contributed by atoms with Crippen molar-refractivity contribution in [3.8, 4) is 0 Å². The molecule has 1 saturated carbocycles. The Hall–Kier alpha value is -1.76.